The van der Waals surface area contributed by atoms with Crippen LogP contribution < -0.4 is 16.4 Å². The number of carbonyl (C=O) groups excluding carboxylic acids is 1. The minimum Gasteiger partial charge on any atom is -0.480 e. The second-order valence-corrected chi connectivity index (χ2v) is 4.22. The predicted octanol–water partition coefficient (Wildman–Crippen LogP) is 2.03. The SMILES string of the molecule is CCCCC(NC(=O)Nc1ccccc1N)C(=O)O. The number of nitrogens with one attached hydrogen (secondary N) is 2. The molecule has 0 fully saturated rings. The van der Waals surface area contributed by atoms with E-state index in [9.17, 15) is 9.59 Å². The molecule has 6 nitrogen and oxygen atoms in total. The number of carbonyl (C=O) groups is 2. The summed E-state index contributed by atoms with van der Waals surface area (Å²) in [5.74, 6) is -1.04. The zero-order valence-electron chi connectivity index (χ0n) is 10.8. The third kappa shape index (κ3) is 4.87. The second-order valence-electron chi connectivity index (χ2n) is 4.22. The molecule has 1 unspecified atom stereocenters. The van der Waals surface area contributed by atoms with Crippen LogP contribution in [0, 0.1) is 0 Å². The molecule has 5 N–H and O–H groups in total. The molecule has 1 aromatic carbocycles. The molecule has 1 aromatic rings. The van der Waals surface area contributed by atoms with Crippen LogP contribution in [-0.2, 0) is 4.79 Å². The maximum Gasteiger partial charge on any atom is 0.326 e. The number of rotatable bonds is 6. The van der Waals surface area contributed by atoms with Crippen LogP contribution in [0.25, 0.3) is 0 Å². The Morgan fingerprint density at radius 1 is 1.37 bits per heavy atom. The summed E-state index contributed by atoms with van der Waals surface area (Å²) in [5, 5.41) is 14.0. The number of anilines is 2. The number of carboxylic acids is 1. The molecule has 6 heteroatoms. The van der Waals surface area contributed by atoms with Gasteiger partial charge < -0.3 is 21.5 Å². The molecule has 19 heavy (non-hydrogen) atoms. The van der Waals surface area contributed by atoms with Crippen molar-refractivity contribution in [2.24, 2.45) is 0 Å². The van der Waals surface area contributed by atoms with E-state index in [-0.39, 0.29) is 0 Å². The van der Waals surface area contributed by atoms with Gasteiger partial charge in [0.1, 0.15) is 6.04 Å². The lowest BCUT2D eigenvalue weighted by Crippen LogP contribution is -2.43. The standard InChI is InChI=1S/C13H19N3O3/c1-2-3-7-11(12(17)18)16-13(19)15-10-8-5-4-6-9(10)14/h4-6,8,11H,2-3,7,14H2,1H3,(H,17,18)(H2,15,16,19). The average Bonchev–Trinajstić information content (AvgIpc) is 2.37. The number of urea groups is 1. The highest BCUT2D eigenvalue weighted by Gasteiger charge is 2.19. The lowest BCUT2D eigenvalue weighted by molar-refractivity contribution is -0.139. The topological polar surface area (TPSA) is 104 Å². The Labute approximate surface area is 112 Å². The number of para-hydroxylation sites is 2. The van der Waals surface area contributed by atoms with Gasteiger partial charge in [0, 0.05) is 0 Å². The molecule has 0 aromatic heterocycles. The van der Waals surface area contributed by atoms with Crippen LogP contribution in [-0.4, -0.2) is 23.1 Å². The number of unbranched alkanes of at least 4 members (excludes halogenated alkanes) is 1. The van der Waals surface area contributed by atoms with Crippen LogP contribution in [0.5, 0.6) is 0 Å². The molecule has 1 atom stereocenters. The molecular weight excluding hydrogens is 246 g/mol. The van der Waals surface area contributed by atoms with Crippen molar-refractivity contribution in [2.45, 2.75) is 32.2 Å². The Bertz CT molecular complexity index is 449. The van der Waals surface area contributed by atoms with Crippen molar-refractivity contribution >= 4 is 23.4 Å². The van der Waals surface area contributed by atoms with Crippen molar-refractivity contribution in [3.05, 3.63) is 24.3 Å². The maximum absolute atomic E-state index is 11.7. The van der Waals surface area contributed by atoms with Crippen LogP contribution in [0.3, 0.4) is 0 Å². The Hall–Kier alpha value is -2.24. The van der Waals surface area contributed by atoms with E-state index in [0.29, 0.717) is 17.8 Å². The Morgan fingerprint density at radius 3 is 2.63 bits per heavy atom. The number of aliphatic carboxylic acids is 1. The molecule has 0 heterocycles. The molecule has 1 rings (SSSR count). The molecule has 0 saturated heterocycles. The molecular formula is C13H19N3O3. The Morgan fingerprint density at radius 2 is 2.05 bits per heavy atom. The first-order valence-corrected chi connectivity index (χ1v) is 6.19. The summed E-state index contributed by atoms with van der Waals surface area (Å²) in [6.07, 6.45) is 2.02. The maximum atomic E-state index is 11.7. The summed E-state index contributed by atoms with van der Waals surface area (Å²) in [6.45, 7) is 1.96. The van der Waals surface area contributed by atoms with Crippen molar-refractivity contribution < 1.29 is 14.7 Å². The molecule has 0 aliphatic heterocycles. The average molecular weight is 265 g/mol. The van der Waals surface area contributed by atoms with Gasteiger partial charge in [-0.3, -0.25) is 0 Å². The van der Waals surface area contributed by atoms with Gasteiger partial charge in [0.2, 0.25) is 0 Å². The van der Waals surface area contributed by atoms with E-state index in [0.717, 1.165) is 12.8 Å². The lowest BCUT2D eigenvalue weighted by atomic mass is 10.1. The van der Waals surface area contributed by atoms with E-state index in [1.165, 1.54) is 0 Å². The van der Waals surface area contributed by atoms with Crippen molar-refractivity contribution in [1.82, 2.24) is 5.32 Å². The van der Waals surface area contributed by atoms with Gasteiger partial charge in [-0.05, 0) is 18.6 Å². The number of hydrogen-bond donors (Lipinski definition) is 4. The summed E-state index contributed by atoms with van der Waals surface area (Å²) < 4.78 is 0. The number of nitrogens with two attached hydrogens (primary N) is 1. The second kappa shape index (κ2) is 7.25. The van der Waals surface area contributed by atoms with E-state index in [1.54, 1.807) is 24.3 Å². The zero-order valence-corrected chi connectivity index (χ0v) is 10.8. The first kappa shape index (κ1) is 14.8. The fraction of sp³-hybridized carbons (Fsp3) is 0.385. The summed E-state index contributed by atoms with van der Waals surface area (Å²) in [5.41, 5.74) is 6.57. The van der Waals surface area contributed by atoms with Gasteiger partial charge in [-0.1, -0.05) is 31.9 Å². The van der Waals surface area contributed by atoms with E-state index < -0.39 is 18.0 Å². The first-order valence-electron chi connectivity index (χ1n) is 6.19. The largest absolute Gasteiger partial charge is 0.480 e. The highest BCUT2D eigenvalue weighted by molar-refractivity contribution is 5.94. The van der Waals surface area contributed by atoms with Gasteiger partial charge in [-0.25, -0.2) is 9.59 Å². The molecule has 0 spiro atoms. The third-order valence-corrected chi connectivity index (χ3v) is 2.66. The van der Waals surface area contributed by atoms with Crippen molar-refractivity contribution in [1.29, 1.82) is 0 Å². The first-order chi connectivity index (χ1) is 9.04. The summed E-state index contributed by atoms with van der Waals surface area (Å²) in [6, 6.07) is 5.33. The van der Waals surface area contributed by atoms with Gasteiger partial charge in [0.25, 0.3) is 0 Å². The fourth-order valence-electron chi connectivity index (χ4n) is 1.59. The number of nitrogen functional groups attached to an aromatic ring is 1. The zero-order chi connectivity index (χ0) is 14.3. The number of benzene rings is 1. The van der Waals surface area contributed by atoms with Crippen molar-refractivity contribution in [3.8, 4) is 0 Å². The number of amides is 2. The van der Waals surface area contributed by atoms with Gasteiger partial charge in [0.15, 0.2) is 0 Å². The van der Waals surface area contributed by atoms with E-state index in [1.807, 2.05) is 6.92 Å². The summed E-state index contributed by atoms with van der Waals surface area (Å²) >= 11 is 0. The molecule has 2 amide bonds. The normalized spacial score (nSPS) is 11.6. The van der Waals surface area contributed by atoms with Gasteiger partial charge in [-0.15, -0.1) is 0 Å². The summed E-state index contributed by atoms with van der Waals surface area (Å²) in [4.78, 5) is 22.7. The van der Waals surface area contributed by atoms with Crippen LogP contribution in [0.4, 0.5) is 16.2 Å². The third-order valence-electron chi connectivity index (χ3n) is 2.66. The quantitative estimate of drug-likeness (QED) is 0.591. The smallest absolute Gasteiger partial charge is 0.326 e. The Kier molecular flexibility index (Phi) is 5.66. The van der Waals surface area contributed by atoms with Crippen LogP contribution in [0.15, 0.2) is 24.3 Å². The van der Waals surface area contributed by atoms with Crippen molar-refractivity contribution in [2.75, 3.05) is 11.1 Å². The molecule has 0 aliphatic rings. The number of hydrogen-bond acceptors (Lipinski definition) is 3. The number of carboxylic acid groups (broad SMARTS) is 1. The van der Waals surface area contributed by atoms with Crippen LogP contribution in [0.2, 0.25) is 0 Å². The minimum absolute atomic E-state index is 0.406. The van der Waals surface area contributed by atoms with Gasteiger partial charge in [0.05, 0.1) is 11.4 Å². The molecule has 0 saturated carbocycles. The van der Waals surface area contributed by atoms with E-state index in [4.69, 9.17) is 10.8 Å². The highest BCUT2D eigenvalue weighted by atomic mass is 16.4. The molecule has 0 aliphatic carbocycles. The van der Waals surface area contributed by atoms with Crippen molar-refractivity contribution in [3.63, 3.8) is 0 Å². The summed E-state index contributed by atoms with van der Waals surface area (Å²) in [7, 11) is 0. The van der Waals surface area contributed by atoms with Gasteiger partial charge in [-0.2, -0.15) is 0 Å². The molecule has 0 radical (unpaired) electrons. The van der Waals surface area contributed by atoms with Gasteiger partial charge >= 0.3 is 12.0 Å². The predicted molar refractivity (Wildman–Crippen MR) is 74.0 cm³/mol. The van der Waals surface area contributed by atoms with E-state index >= 15 is 0 Å². The Balaban J connectivity index is 2.58. The lowest BCUT2D eigenvalue weighted by Gasteiger charge is -2.15. The molecule has 104 valence electrons. The molecule has 0 bridgehead atoms. The fourth-order valence-corrected chi connectivity index (χ4v) is 1.59. The minimum atomic E-state index is -1.04. The van der Waals surface area contributed by atoms with Crippen LogP contribution >= 0.6 is 0 Å². The van der Waals surface area contributed by atoms with Crippen LogP contribution in [0.1, 0.15) is 26.2 Å². The highest BCUT2D eigenvalue weighted by Crippen LogP contribution is 2.16. The van der Waals surface area contributed by atoms with E-state index in [2.05, 4.69) is 10.6 Å². The monoisotopic (exact) mass is 265 g/mol.